The summed E-state index contributed by atoms with van der Waals surface area (Å²) in [6.07, 6.45) is 0. The van der Waals surface area contributed by atoms with Crippen molar-refractivity contribution in [3.05, 3.63) is 102 Å². The normalized spacial score (nSPS) is 20.7. The van der Waals surface area contributed by atoms with E-state index in [2.05, 4.69) is 29.2 Å². The highest BCUT2D eigenvalue weighted by Crippen LogP contribution is 2.52. The number of phenols is 1. The van der Waals surface area contributed by atoms with Crippen molar-refractivity contribution >= 4 is 5.97 Å². The van der Waals surface area contributed by atoms with Crippen LogP contribution >= 0.6 is 0 Å². The Hall–Kier alpha value is -3.11. The minimum Gasteiger partial charge on any atom is -0.508 e. The first-order chi connectivity index (χ1) is 13.7. The third-order valence-electron chi connectivity index (χ3n) is 5.14. The summed E-state index contributed by atoms with van der Waals surface area (Å²) in [6, 6.07) is 27.0. The van der Waals surface area contributed by atoms with Crippen LogP contribution in [-0.4, -0.2) is 28.6 Å². The average molecular weight is 373 g/mol. The number of hydrogen-bond acceptors (Lipinski definition) is 4. The molecule has 0 radical (unpaired) electrons. The lowest BCUT2D eigenvalue weighted by Crippen LogP contribution is -2.20. The molecule has 3 atom stereocenters. The van der Waals surface area contributed by atoms with E-state index in [0.29, 0.717) is 6.61 Å². The number of hydrogen-bond donors (Lipinski definition) is 1. The molecule has 0 spiro atoms. The molecule has 1 heterocycles. The van der Waals surface area contributed by atoms with Crippen LogP contribution in [0.15, 0.2) is 84.9 Å². The molecule has 4 nitrogen and oxygen atoms in total. The van der Waals surface area contributed by atoms with Crippen molar-refractivity contribution in [2.45, 2.75) is 25.0 Å². The van der Waals surface area contributed by atoms with Gasteiger partial charge in [-0.1, -0.05) is 72.8 Å². The topological polar surface area (TPSA) is 49.5 Å². The van der Waals surface area contributed by atoms with E-state index in [0.717, 1.165) is 16.7 Å². The zero-order valence-corrected chi connectivity index (χ0v) is 15.7. The van der Waals surface area contributed by atoms with Gasteiger partial charge in [0.15, 0.2) is 0 Å². The number of carbonyl (C=O) groups excluding carboxylic acids is 1. The van der Waals surface area contributed by atoms with Crippen LogP contribution in [0.4, 0.5) is 0 Å². The van der Waals surface area contributed by atoms with Gasteiger partial charge in [-0.15, -0.1) is 0 Å². The Morgan fingerprint density at radius 2 is 1.46 bits per heavy atom. The maximum Gasteiger partial charge on any atom is 0.325 e. The Morgan fingerprint density at radius 1 is 0.929 bits per heavy atom. The lowest BCUT2D eigenvalue weighted by atomic mass is 9.98. The second kappa shape index (κ2) is 7.87. The zero-order chi connectivity index (χ0) is 19.5. The first-order valence-corrected chi connectivity index (χ1v) is 9.53. The lowest BCUT2D eigenvalue weighted by Gasteiger charge is -2.21. The van der Waals surface area contributed by atoms with E-state index in [1.54, 1.807) is 12.1 Å². The molecule has 1 unspecified atom stereocenters. The summed E-state index contributed by atoms with van der Waals surface area (Å²) in [7, 11) is 0. The van der Waals surface area contributed by atoms with Crippen LogP contribution in [0.5, 0.6) is 5.75 Å². The molecule has 1 aliphatic rings. The van der Waals surface area contributed by atoms with Gasteiger partial charge in [-0.05, 0) is 35.7 Å². The molecular weight excluding hydrogens is 350 g/mol. The van der Waals surface area contributed by atoms with Crippen molar-refractivity contribution in [1.29, 1.82) is 0 Å². The summed E-state index contributed by atoms with van der Waals surface area (Å²) in [5.41, 5.74) is 3.25. The van der Waals surface area contributed by atoms with Crippen LogP contribution < -0.4 is 0 Å². The molecule has 4 heteroatoms. The highest BCUT2D eigenvalue weighted by Gasteiger charge is 2.57. The van der Waals surface area contributed by atoms with Gasteiger partial charge in [0, 0.05) is 0 Å². The van der Waals surface area contributed by atoms with Gasteiger partial charge in [0.05, 0.1) is 18.7 Å². The molecule has 3 aromatic carbocycles. The molecule has 1 aliphatic heterocycles. The maximum atomic E-state index is 12.7. The molecule has 0 saturated carbocycles. The number of phenolic OH excluding ortho intramolecular Hbond substituents is 1. The van der Waals surface area contributed by atoms with Gasteiger partial charge in [-0.3, -0.25) is 9.69 Å². The van der Waals surface area contributed by atoms with Gasteiger partial charge in [-0.2, -0.15) is 0 Å². The summed E-state index contributed by atoms with van der Waals surface area (Å²) in [5, 5.41) is 9.64. The molecule has 28 heavy (non-hydrogen) atoms. The molecule has 3 aromatic rings. The molecule has 1 N–H and O–H groups in total. The highest BCUT2D eigenvalue weighted by atomic mass is 16.5. The van der Waals surface area contributed by atoms with E-state index in [-0.39, 0.29) is 29.8 Å². The van der Waals surface area contributed by atoms with Crippen LogP contribution in [0.3, 0.4) is 0 Å². The molecule has 1 saturated heterocycles. The van der Waals surface area contributed by atoms with Crippen LogP contribution in [0.25, 0.3) is 0 Å². The molecule has 4 rings (SSSR count). The number of esters is 1. The molecule has 0 aromatic heterocycles. The van der Waals surface area contributed by atoms with Crippen LogP contribution in [0.1, 0.15) is 35.7 Å². The van der Waals surface area contributed by atoms with Crippen molar-refractivity contribution in [2.24, 2.45) is 0 Å². The van der Waals surface area contributed by atoms with Crippen molar-refractivity contribution < 1.29 is 14.6 Å². The van der Waals surface area contributed by atoms with E-state index in [1.165, 1.54) is 0 Å². The quantitative estimate of drug-likeness (QED) is 0.512. The van der Waals surface area contributed by atoms with Gasteiger partial charge >= 0.3 is 5.97 Å². The van der Waals surface area contributed by atoms with Crippen molar-refractivity contribution in [2.75, 3.05) is 6.61 Å². The largest absolute Gasteiger partial charge is 0.508 e. The Morgan fingerprint density at radius 3 is 1.96 bits per heavy atom. The van der Waals surface area contributed by atoms with E-state index in [4.69, 9.17) is 4.74 Å². The Kier molecular flexibility index (Phi) is 5.13. The molecule has 1 fully saturated rings. The fourth-order valence-corrected chi connectivity index (χ4v) is 3.88. The van der Waals surface area contributed by atoms with Gasteiger partial charge in [0.1, 0.15) is 11.8 Å². The number of ether oxygens (including phenoxy) is 1. The maximum absolute atomic E-state index is 12.7. The molecule has 0 aliphatic carbocycles. The number of rotatable bonds is 6. The molecule has 142 valence electrons. The van der Waals surface area contributed by atoms with Crippen LogP contribution in [0.2, 0.25) is 0 Å². The second-order valence-electron chi connectivity index (χ2n) is 6.90. The minimum atomic E-state index is -0.352. The van der Waals surface area contributed by atoms with E-state index in [9.17, 15) is 9.90 Å². The fourth-order valence-electron chi connectivity index (χ4n) is 3.88. The van der Waals surface area contributed by atoms with Crippen LogP contribution in [0, 0.1) is 0 Å². The summed E-state index contributed by atoms with van der Waals surface area (Å²) >= 11 is 0. The standard InChI is InChI=1S/C24H23NO3/c1-2-28-24(27)23-22(19-13-15-20(26)16-14-19)25(23)21(17-9-5-3-6-10-17)18-11-7-4-8-12-18/h3-16,21-23,26H,2H2,1H3/t22-,23-,25?/m1/s1. The molecular formula is C24H23NO3. The summed E-state index contributed by atoms with van der Waals surface area (Å²) in [5.74, 6) is 0.00346. The summed E-state index contributed by atoms with van der Waals surface area (Å²) in [4.78, 5) is 14.9. The highest BCUT2D eigenvalue weighted by molar-refractivity contribution is 5.81. The van der Waals surface area contributed by atoms with Gasteiger partial charge in [-0.25, -0.2) is 0 Å². The van der Waals surface area contributed by atoms with E-state index < -0.39 is 0 Å². The van der Waals surface area contributed by atoms with Crippen molar-refractivity contribution in [1.82, 2.24) is 4.90 Å². The summed E-state index contributed by atoms with van der Waals surface area (Å²) in [6.45, 7) is 2.18. The predicted octanol–water partition coefficient (Wildman–Crippen LogP) is 4.47. The number of carbonyl (C=O) groups is 1. The van der Waals surface area contributed by atoms with Crippen molar-refractivity contribution in [3.63, 3.8) is 0 Å². The van der Waals surface area contributed by atoms with Crippen molar-refractivity contribution in [3.8, 4) is 5.75 Å². The average Bonchev–Trinajstić information content (AvgIpc) is 3.46. The number of benzene rings is 3. The Labute approximate surface area is 165 Å². The monoisotopic (exact) mass is 373 g/mol. The van der Waals surface area contributed by atoms with Gasteiger partial charge < -0.3 is 9.84 Å². The third kappa shape index (κ3) is 3.51. The number of nitrogens with zero attached hydrogens (tertiary/aromatic N) is 1. The summed E-state index contributed by atoms with van der Waals surface area (Å²) < 4.78 is 5.36. The van der Waals surface area contributed by atoms with Gasteiger partial charge in [0.2, 0.25) is 0 Å². The minimum absolute atomic E-state index is 0.0596. The third-order valence-corrected chi connectivity index (χ3v) is 5.14. The first-order valence-electron chi connectivity index (χ1n) is 9.53. The first kappa shape index (κ1) is 18.3. The lowest BCUT2D eigenvalue weighted by molar-refractivity contribution is -0.143. The zero-order valence-electron chi connectivity index (χ0n) is 15.7. The second-order valence-corrected chi connectivity index (χ2v) is 6.90. The number of aromatic hydroxyl groups is 1. The smallest absolute Gasteiger partial charge is 0.325 e. The Balaban J connectivity index is 1.76. The molecule has 0 amide bonds. The van der Waals surface area contributed by atoms with Gasteiger partial charge in [0.25, 0.3) is 0 Å². The molecule has 0 bridgehead atoms. The SMILES string of the molecule is CCOC(=O)[C@H]1[C@@H](c2ccc(O)cc2)N1C(c1ccccc1)c1ccccc1. The predicted molar refractivity (Wildman–Crippen MR) is 108 cm³/mol. The Bertz CT molecular complexity index is 886. The van der Waals surface area contributed by atoms with E-state index >= 15 is 0 Å². The van der Waals surface area contributed by atoms with Crippen LogP contribution in [-0.2, 0) is 9.53 Å². The van der Waals surface area contributed by atoms with E-state index in [1.807, 2.05) is 55.5 Å². The fraction of sp³-hybridized carbons (Fsp3) is 0.208.